The molecular weight excluding hydrogens is 392 g/mol. The summed E-state index contributed by atoms with van der Waals surface area (Å²) in [4.78, 5) is 16.7. The molecule has 2 aromatic heterocycles. The number of carbonyl (C=O) groups excluding carboxylic acids is 1. The zero-order valence-electron chi connectivity index (χ0n) is 14.0. The summed E-state index contributed by atoms with van der Waals surface area (Å²) in [5, 5.41) is 10.2. The van der Waals surface area contributed by atoms with Crippen molar-refractivity contribution in [1.29, 1.82) is 0 Å². The SMILES string of the molecule is O=C(CSc1n[nH]c2nc3ccccc3n12)Nc1ccc2c(c1)OC(F)(F)O2. The van der Waals surface area contributed by atoms with E-state index in [1.165, 1.54) is 30.0 Å². The van der Waals surface area contributed by atoms with Crippen LogP contribution in [0, 0.1) is 0 Å². The number of imidazole rings is 1. The van der Waals surface area contributed by atoms with E-state index in [0.717, 1.165) is 11.0 Å². The highest BCUT2D eigenvalue weighted by atomic mass is 32.2. The van der Waals surface area contributed by atoms with Crippen LogP contribution in [0.15, 0.2) is 47.6 Å². The highest BCUT2D eigenvalue weighted by Crippen LogP contribution is 2.42. The molecule has 0 fully saturated rings. The fourth-order valence-corrected chi connectivity index (χ4v) is 3.65. The van der Waals surface area contributed by atoms with Gasteiger partial charge in [-0.05, 0) is 24.3 Å². The van der Waals surface area contributed by atoms with Gasteiger partial charge < -0.3 is 14.8 Å². The minimum absolute atomic E-state index is 0.0665. The van der Waals surface area contributed by atoms with Crippen LogP contribution in [0.25, 0.3) is 16.8 Å². The predicted octanol–water partition coefficient (Wildman–Crippen LogP) is 3.26. The average molecular weight is 403 g/mol. The van der Waals surface area contributed by atoms with Gasteiger partial charge in [0.25, 0.3) is 0 Å². The van der Waals surface area contributed by atoms with Gasteiger partial charge in [-0.25, -0.2) is 10.1 Å². The maximum Gasteiger partial charge on any atom is 0.586 e. The van der Waals surface area contributed by atoms with Crippen molar-refractivity contribution in [3.63, 3.8) is 0 Å². The molecule has 0 unspecified atom stereocenters. The molecule has 28 heavy (non-hydrogen) atoms. The molecule has 11 heteroatoms. The molecule has 0 saturated carbocycles. The van der Waals surface area contributed by atoms with Crippen LogP contribution in [0.4, 0.5) is 14.5 Å². The molecule has 0 saturated heterocycles. The average Bonchev–Trinajstić information content (AvgIpc) is 3.29. The molecule has 2 aromatic carbocycles. The minimum Gasteiger partial charge on any atom is -0.395 e. The van der Waals surface area contributed by atoms with E-state index in [9.17, 15) is 13.6 Å². The van der Waals surface area contributed by atoms with Crippen LogP contribution in [-0.2, 0) is 4.79 Å². The first-order valence-corrected chi connectivity index (χ1v) is 9.11. The Labute approximate surface area is 159 Å². The third-order valence-electron chi connectivity index (χ3n) is 4.02. The molecule has 0 atom stereocenters. The molecule has 2 N–H and O–H groups in total. The second kappa shape index (κ2) is 6.09. The van der Waals surface area contributed by atoms with Crippen molar-refractivity contribution in [1.82, 2.24) is 19.6 Å². The second-order valence-corrected chi connectivity index (χ2v) is 6.87. The van der Waals surface area contributed by atoms with Gasteiger partial charge in [0.2, 0.25) is 11.7 Å². The van der Waals surface area contributed by atoms with Crippen LogP contribution in [-0.4, -0.2) is 37.5 Å². The summed E-state index contributed by atoms with van der Waals surface area (Å²) in [5.41, 5.74) is 2.02. The number of nitrogens with zero attached hydrogens (tertiary/aromatic N) is 3. The van der Waals surface area contributed by atoms with Crippen molar-refractivity contribution in [2.75, 3.05) is 11.1 Å². The molecule has 142 valence electrons. The van der Waals surface area contributed by atoms with Crippen molar-refractivity contribution in [3.05, 3.63) is 42.5 Å². The van der Waals surface area contributed by atoms with E-state index in [4.69, 9.17) is 0 Å². The van der Waals surface area contributed by atoms with E-state index in [1.807, 2.05) is 28.7 Å². The van der Waals surface area contributed by atoms with Crippen LogP contribution >= 0.6 is 11.8 Å². The van der Waals surface area contributed by atoms with Gasteiger partial charge in [0, 0.05) is 11.8 Å². The summed E-state index contributed by atoms with van der Waals surface area (Å²) in [6, 6.07) is 11.7. The summed E-state index contributed by atoms with van der Waals surface area (Å²) < 4.78 is 36.7. The van der Waals surface area contributed by atoms with Gasteiger partial charge in [-0.1, -0.05) is 23.9 Å². The van der Waals surface area contributed by atoms with Crippen LogP contribution in [0.2, 0.25) is 0 Å². The van der Waals surface area contributed by atoms with Crippen LogP contribution < -0.4 is 14.8 Å². The lowest BCUT2D eigenvalue weighted by Gasteiger charge is -2.05. The van der Waals surface area contributed by atoms with Crippen molar-refractivity contribution in [3.8, 4) is 11.5 Å². The number of anilines is 1. The number of rotatable bonds is 4. The Bertz CT molecular complexity index is 1220. The van der Waals surface area contributed by atoms with E-state index in [1.54, 1.807) is 0 Å². The number of H-pyrrole nitrogens is 1. The van der Waals surface area contributed by atoms with Gasteiger partial charge in [0.1, 0.15) is 0 Å². The van der Waals surface area contributed by atoms with Crippen LogP contribution in [0.5, 0.6) is 11.5 Å². The lowest BCUT2D eigenvalue weighted by Crippen LogP contribution is -2.25. The van der Waals surface area contributed by atoms with E-state index in [0.29, 0.717) is 16.6 Å². The first-order valence-electron chi connectivity index (χ1n) is 8.13. The van der Waals surface area contributed by atoms with Crippen molar-refractivity contribution in [2.24, 2.45) is 0 Å². The number of halogens is 2. The van der Waals surface area contributed by atoms with Crippen LogP contribution in [0.3, 0.4) is 0 Å². The Morgan fingerprint density at radius 1 is 1.21 bits per heavy atom. The molecule has 4 aromatic rings. The fourth-order valence-electron chi connectivity index (χ4n) is 2.89. The molecule has 5 rings (SSSR count). The van der Waals surface area contributed by atoms with Gasteiger partial charge >= 0.3 is 6.29 Å². The maximum absolute atomic E-state index is 13.1. The molecular formula is C17H11F2N5O3S. The number of thioether (sulfide) groups is 1. The fraction of sp³-hybridized carbons (Fsp3) is 0.118. The van der Waals surface area contributed by atoms with Gasteiger partial charge in [-0.15, -0.1) is 13.9 Å². The maximum atomic E-state index is 13.1. The summed E-state index contributed by atoms with van der Waals surface area (Å²) in [7, 11) is 0. The summed E-state index contributed by atoms with van der Waals surface area (Å²) in [5.74, 6) is 0.117. The number of fused-ring (bicyclic) bond motifs is 4. The van der Waals surface area contributed by atoms with Gasteiger partial charge in [-0.2, -0.15) is 0 Å². The zero-order chi connectivity index (χ0) is 19.3. The molecule has 0 radical (unpaired) electrons. The van der Waals surface area contributed by atoms with Gasteiger partial charge in [0.05, 0.1) is 16.8 Å². The Kier molecular flexibility index (Phi) is 3.66. The number of para-hydroxylation sites is 2. The summed E-state index contributed by atoms with van der Waals surface area (Å²) in [6.07, 6.45) is -3.69. The lowest BCUT2D eigenvalue weighted by molar-refractivity contribution is -0.286. The largest absolute Gasteiger partial charge is 0.586 e. The monoisotopic (exact) mass is 403 g/mol. The highest BCUT2D eigenvalue weighted by Gasteiger charge is 2.43. The molecule has 1 aliphatic heterocycles. The van der Waals surface area contributed by atoms with Gasteiger partial charge in [-0.3, -0.25) is 9.20 Å². The second-order valence-electron chi connectivity index (χ2n) is 5.93. The first-order chi connectivity index (χ1) is 13.5. The molecule has 1 aliphatic rings. The molecule has 3 heterocycles. The van der Waals surface area contributed by atoms with E-state index >= 15 is 0 Å². The normalized spacial score (nSPS) is 14.6. The Balaban J connectivity index is 1.29. The number of hydrogen-bond acceptors (Lipinski definition) is 6. The topological polar surface area (TPSA) is 93.5 Å². The minimum atomic E-state index is -3.69. The zero-order valence-corrected chi connectivity index (χ0v) is 14.8. The number of benzene rings is 2. The van der Waals surface area contributed by atoms with Crippen molar-refractivity contribution >= 4 is 40.2 Å². The van der Waals surface area contributed by atoms with Gasteiger partial charge in [0.15, 0.2) is 16.7 Å². The quantitative estimate of drug-likeness (QED) is 0.508. The number of ether oxygens (including phenoxy) is 2. The standard InChI is InChI=1S/C17H11F2N5O3S/c18-17(19)26-12-6-5-9(7-13(12)27-17)20-14(25)8-28-16-23-22-15-21-10-3-1-2-4-11(10)24(15)16/h1-7H,8H2,(H,20,25)(H,21,22). The third-order valence-corrected chi connectivity index (χ3v) is 4.96. The molecule has 0 bridgehead atoms. The molecule has 1 amide bonds. The first kappa shape index (κ1) is 16.8. The van der Waals surface area contributed by atoms with Crippen molar-refractivity contribution in [2.45, 2.75) is 11.5 Å². The van der Waals surface area contributed by atoms with E-state index in [2.05, 4.69) is 30.0 Å². The number of amides is 1. The number of alkyl halides is 2. The predicted molar refractivity (Wildman–Crippen MR) is 96.8 cm³/mol. The smallest absolute Gasteiger partial charge is 0.395 e. The van der Waals surface area contributed by atoms with Crippen LogP contribution in [0.1, 0.15) is 0 Å². The summed E-state index contributed by atoms with van der Waals surface area (Å²) in [6.45, 7) is 0. The lowest BCUT2D eigenvalue weighted by atomic mass is 10.3. The number of aromatic amines is 1. The highest BCUT2D eigenvalue weighted by molar-refractivity contribution is 7.99. The molecule has 0 aliphatic carbocycles. The number of nitrogens with one attached hydrogen (secondary N) is 2. The number of carbonyl (C=O) groups is 1. The Morgan fingerprint density at radius 3 is 2.93 bits per heavy atom. The van der Waals surface area contributed by atoms with E-state index in [-0.39, 0.29) is 23.2 Å². The Morgan fingerprint density at radius 2 is 2.04 bits per heavy atom. The van der Waals surface area contributed by atoms with E-state index < -0.39 is 6.29 Å². The third kappa shape index (κ3) is 2.89. The number of hydrogen-bond donors (Lipinski definition) is 2. The summed E-state index contributed by atoms with van der Waals surface area (Å²) >= 11 is 1.22. The Hall–Kier alpha value is -3.34. The molecule has 0 spiro atoms. The van der Waals surface area contributed by atoms with Crippen molar-refractivity contribution < 1.29 is 23.0 Å². The molecule has 8 nitrogen and oxygen atoms in total. The number of aromatic nitrogens is 4.